The van der Waals surface area contributed by atoms with Crippen molar-refractivity contribution in [3.8, 4) is 0 Å². The molecule has 21 heavy (non-hydrogen) atoms. The van der Waals surface area contributed by atoms with E-state index in [2.05, 4.69) is 5.32 Å². The van der Waals surface area contributed by atoms with Crippen LogP contribution in [0.25, 0.3) is 0 Å². The van der Waals surface area contributed by atoms with Crippen molar-refractivity contribution < 1.29 is 13.9 Å². The highest BCUT2D eigenvalue weighted by Gasteiger charge is 2.37. The van der Waals surface area contributed by atoms with Crippen LogP contribution in [0.1, 0.15) is 23.1 Å². The summed E-state index contributed by atoms with van der Waals surface area (Å²) >= 11 is 0. The van der Waals surface area contributed by atoms with Crippen LogP contribution in [0.5, 0.6) is 0 Å². The molecule has 1 atom stereocenters. The van der Waals surface area contributed by atoms with E-state index in [-0.39, 0.29) is 18.7 Å². The smallest absolute Gasteiger partial charge is 0.163 e. The Kier molecular flexibility index (Phi) is 3.74. The van der Waals surface area contributed by atoms with Gasteiger partial charge in [0.1, 0.15) is 0 Å². The Bertz CT molecular complexity index is 659. The third-order valence-electron chi connectivity index (χ3n) is 4.27. The topological polar surface area (TPSA) is 32.3 Å². The maximum absolute atomic E-state index is 13.7. The molecule has 0 saturated carbocycles. The molecule has 110 valence electrons. The average Bonchev–Trinajstić information content (AvgIpc) is 2.88. The lowest BCUT2D eigenvalue weighted by Crippen LogP contribution is -2.43. The summed E-state index contributed by atoms with van der Waals surface area (Å²) in [5.41, 5.74) is 1.94. The molecule has 0 bridgehead atoms. The standard InChI is InChI=1S/C17H17F2NO/c18-15-7-3-5-13(16(15)19)10-20-17(11-21)9-8-12-4-1-2-6-14(12)17/h1-7,20-21H,8-11H2. The molecule has 1 aliphatic carbocycles. The normalized spacial score (nSPS) is 20.5. The second kappa shape index (κ2) is 5.54. The van der Waals surface area contributed by atoms with Crippen LogP contribution in [0.4, 0.5) is 8.78 Å². The van der Waals surface area contributed by atoms with Gasteiger partial charge in [-0.2, -0.15) is 0 Å². The lowest BCUT2D eigenvalue weighted by Gasteiger charge is -2.30. The van der Waals surface area contributed by atoms with Gasteiger partial charge in [0.25, 0.3) is 0 Å². The summed E-state index contributed by atoms with van der Waals surface area (Å²) in [4.78, 5) is 0. The van der Waals surface area contributed by atoms with Crippen LogP contribution in [0, 0.1) is 11.6 Å². The molecule has 1 unspecified atom stereocenters. The van der Waals surface area contributed by atoms with Crippen molar-refractivity contribution >= 4 is 0 Å². The molecule has 0 heterocycles. The lowest BCUT2D eigenvalue weighted by molar-refractivity contribution is 0.158. The third-order valence-corrected chi connectivity index (χ3v) is 4.27. The molecule has 0 aliphatic heterocycles. The zero-order valence-corrected chi connectivity index (χ0v) is 11.6. The van der Waals surface area contributed by atoms with Gasteiger partial charge in [-0.15, -0.1) is 0 Å². The van der Waals surface area contributed by atoms with Crippen molar-refractivity contribution in [2.24, 2.45) is 0 Å². The van der Waals surface area contributed by atoms with E-state index in [1.165, 1.54) is 11.6 Å². The van der Waals surface area contributed by atoms with Gasteiger partial charge >= 0.3 is 0 Å². The summed E-state index contributed by atoms with van der Waals surface area (Å²) in [6.45, 7) is 0.111. The highest BCUT2D eigenvalue weighted by atomic mass is 19.2. The van der Waals surface area contributed by atoms with E-state index in [0.29, 0.717) is 0 Å². The number of hydrogen-bond acceptors (Lipinski definition) is 2. The highest BCUT2D eigenvalue weighted by molar-refractivity contribution is 5.39. The maximum Gasteiger partial charge on any atom is 0.163 e. The Hall–Kier alpha value is -1.78. The van der Waals surface area contributed by atoms with Crippen molar-refractivity contribution in [1.82, 2.24) is 5.32 Å². The second-order valence-electron chi connectivity index (χ2n) is 5.46. The molecule has 2 N–H and O–H groups in total. The fourth-order valence-electron chi connectivity index (χ4n) is 3.04. The number of halogens is 2. The number of fused-ring (bicyclic) bond motifs is 1. The van der Waals surface area contributed by atoms with Gasteiger partial charge in [-0.3, -0.25) is 0 Å². The minimum absolute atomic E-state index is 0.0685. The minimum Gasteiger partial charge on any atom is -0.394 e. The first kappa shape index (κ1) is 14.2. The summed E-state index contributed by atoms with van der Waals surface area (Å²) in [7, 11) is 0. The van der Waals surface area contributed by atoms with Gasteiger partial charge < -0.3 is 10.4 Å². The first-order valence-corrected chi connectivity index (χ1v) is 7.03. The van der Waals surface area contributed by atoms with Crippen molar-refractivity contribution in [3.05, 3.63) is 70.8 Å². The number of rotatable bonds is 4. The van der Waals surface area contributed by atoms with E-state index < -0.39 is 17.2 Å². The van der Waals surface area contributed by atoms with E-state index in [1.54, 1.807) is 6.07 Å². The molecule has 4 heteroatoms. The molecule has 0 aromatic heterocycles. The quantitative estimate of drug-likeness (QED) is 0.907. The van der Waals surface area contributed by atoms with E-state index in [4.69, 9.17) is 0 Å². The van der Waals surface area contributed by atoms with Crippen molar-refractivity contribution in [2.75, 3.05) is 6.61 Å². The van der Waals surface area contributed by atoms with Gasteiger partial charge in [-0.25, -0.2) is 8.78 Å². The Labute approximate surface area is 122 Å². The summed E-state index contributed by atoms with van der Waals surface area (Å²) in [6.07, 6.45) is 1.62. The fraction of sp³-hybridized carbons (Fsp3) is 0.294. The summed E-state index contributed by atoms with van der Waals surface area (Å²) in [5.74, 6) is -1.68. The highest BCUT2D eigenvalue weighted by Crippen LogP contribution is 2.36. The van der Waals surface area contributed by atoms with Crippen LogP contribution in [0.15, 0.2) is 42.5 Å². The van der Waals surface area contributed by atoms with Crippen LogP contribution in [-0.4, -0.2) is 11.7 Å². The van der Waals surface area contributed by atoms with E-state index in [9.17, 15) is 13.9 Å². The van der Waals surface area contributed by atoms with Crippen molar-refractivity contribution in [1.29, 1.82) is 0 Å². The van der Waals surface area contributed by atoms with Gasteiger partial charge in [-0.05, 0) is 30.0 Å². The number of aliphatic hydroxyl groups excluding tert-OH is 1. The molecule has 2 aromatic rings. The Balaban J connectivity index is 1.85. The minimum atomic E-state index is -0.848. The molecule has 0 amide bonds. The van der Waals surface area contributed by atoms with Crippen LogP contribution < -0.4 is 5.32 Å². The first-order chi connectivity index (χ1) is 10.2. The Morgan fingerprint density at radius 1 is 1.10 bits per heavy atom. The molecule has 0 spiro atoms. The predicted octanol–water partition coefficient (Wildman–Crippen LogP) is 2.89. The first-order valence-electron chi connectivity index (χ1n) is 7.03. The second-order valence-corrected chi connectivity index (χ2v) is 5.46. The van der Waals surface area contributed by atoms with Crippen LogP contribution >= 0.6 is 0 Å². The monoisotopic (exact) mass is 289 g/mol. The number of aliphatic hydroxyl groups is 1. The van der Waals surface area contributed by atoms with Crippen LogP contribution in [-0.2, 0) is 18.5 Å². The summed E-state index contributed by atoms with van der Waals surface area (Å²) in [5, 5.41) is 13.1. The summed E-state index contributed by atoms with van der Waals surface area (Å²) < 4.78 is 27.0. The fourth-order valence-corrected chi connectivity index (χ4v) is 3.04. The number of nitrogens with one attached hydrogen (secondary N) is 1. The molecule has 2 aromatic carbocycles. The van der Waals surface area contributed by atoms with Gasteiger partial charge in [0, 0.05) is 12.1 Å². The van der Waals surface area contributed by atoms with E-state index in [0.717, 1.165) is 24.5 Å². The molecule has 1 aliphatic rings. The van der Waals surface area contributed by atoms with Crippen LogP contribution in [0.3, 0.4) is 0 Å². The SMILES string of the molecule is OCC1(NCc2cccc(F)c2F)CCc2ccccc21. The molecule has 2 nitrogen and oxygen atoms in total. The molecule has 3 rings (SSSR count). The Morgan fingerprint density at radius 3 is 2.71 bits per heavy atom. The number of benzene rings is 2. The van der Waals surface area contributed by atoms with Gasteiger partial charge in [-0.1, -0.05) is 36.4 Å². The van der Waals surface area contributed by atoms with Crippen LogP contribution in [0.2, 0.25) is 0 Å². The van der Waals surface area contributed by atoms with E-state index >= 15 is 0 Å². The van der Waals surface area contributed by atoms with Crippen molar-refractivity contribution in [2.45, 2.75) is 24.9 Å². The van der Waals surface area contributed by atoms with Gasteiger partial charge in [0.15, 0.2) is 11.6 Å². The third kappa shape index (κ3) is 2.45. The Morgan fingerprint density at radius 2 is 1.90 bits per heavy atom. The molecular formula is C17H17F2NO. The van der Waals surface area contributed by atoms with Gasteiger partial charge in [0.2, 0.25) is 0 Å². The summed E-state index contributed by atoms with van der Waals surface area (Å²) in [6, 6.07) is 12.1. The maximum atomic E-state index is 13.7. The lowest BCUT2D eigenvalue weighted by atomic mass is 9.92. The number of aryl methyl sites for hydroxylation is 1. The largest absolute Gasteiger partial charge is 0.394 e. The average molecular weight is 289 g/mol. The zero-order chi connectivity index (χ0) is 14.9. The molecule has 0 saturated heterocycles. The number of hydrogen-bond donors (Lipinski definition) is 2. The van der Waals surface area contributed by atoms with Crippen molar-refractivity contribution in [3.63, 3.8) is 0 Å². The van der Waals surface area contributed by atoms with E-state index in [1.807, 2.05) is 24.3 Å². The van der Waals surface area contributed by atoms with Gasteiger partial charge in [0.05, 0.1) is 12.1 Å². The zero-order valence-electron chi connectivity index (χ0n) is 11.6. The molecule has 0 radical (unpaired) electrons. The predicted molar refractivity (Wildman–Crippen MR) is 76.7 cm³/mol. The molecule has 0 fully saturated rings. The molecular weight excluding hydrogens is 272 g/mol.